The van der Waals surface area contributed by atoms with E-state index in [4.69, 9.17) is 0 Å². The molecule has 1 heterocycles. The summed E-state index contributed by atoms with van der Waals surface area (Å²) < 4.78 is 3.88. The molecule has 0 aliphatic rings. The molecule has 0 atom stereocenters. The number of nitrogens with one attached hydrogen (secondary N) is 1. The molecule has 1 N–H and O–H groups in total. The van der Waals surface area contributed by atoms with Crippen molar-refractivity contribution < 1.29 is 4.79 Å². The average molecular weight is 184 g/mol. The van der Waals surface area contributed by atoms with E-state index in [1.54, 1.807) is 19.3 Å². The van der Waals surface area contributed by atoms with Crippen LogP contribution >= 0.6 is 11.5 Å². The number of likely N-dealkylation sites (N-methyl/N-ethyl adjacent to an activating group) is 1. The van der Waals surface area contributed by atoms with Gasteiger partial charge in [0, 0.05) is 6.20 Å². The number of ketones is 1. The molecule has 4 heteroatoms. The molecule has 12 heavy (non-hydrogen) atoms. The lowest BCUT2D eigenvalue weighted by Crippen LogP contribution is -2.44. The highest BCUT2D eigenvalue weighted by atomic mass is 32.1. The third-order valence-electron chi connectivity index (χ3n) is 1.85. The van der Waals surface area contributed by atoms with E-state index < -0.39 is 5.54 Å². The Kier molecular flexibility index (Phi) is 2.59. The van der Waals surface area contributed by atoms with Gasteiger partial charge >= 0.3 is 0 Å². The minimum atomic E-state index is -0.494. The Morgan fingerprint density at radius 2 is 2.33 bits per heavy atom. The van der Waals surface area contributed by atoms with Crippen LogP contribution in [-0.4, -0.2) is 22.7 Å². The molecule has 1 aromatic heterocycles. The molecular formula is C8H12N2OS. The first-order valence-corrected chi connectivity index (χ1v) is 4.49. The van der Waals surface area contributed by atoms with E-state index in [9.17, 15) is 4.79 Å². The molecule has 0 aliphatic heterocycles. The maximum Gasteiger partial charge on any atom is 0.193 e. The van der Waals surface area contributed by atoms with Crippen LogP contribution in [0.4, 0.5) is 0 Å². The van der Waals surface area contributed by atoms with Crippen molar-refractivity contribution in [3.05, 3.63) is 17.1 Å². The van der Waals surface area contributed by atoms with Gasteiger partial charge in [-0.1, -0.05) is 0 Å². The van der Waals surface area contributed by atoms with Crippen LogP contribution in [0.25, 0.3) is 0 Å². The summed E-state index contributed by atoms with van der Waals surface area (Å²) in [7, 11) is 1.78. The SMILES string of the molecule is CNC(C)(C)C(=O)c1ccns1. The molecule has 0 aliphatic carbocycles. The van der Waals surface area contributed by atoms with Crippen LogP contribution in [0.2, 0.25) is 0 Å². The summed E-state index contributed by atoms with van der Waals surface area (Å²) in [6.45, 7) is 3.71. The third kappa shape index (κ3) is 1.70. The third-order valence-corrected chi connectivity index (χ3v) is 2.60. The number of hydrogen-bond donors (Lipinski definition) is 1. The fourth-order valence-electron chi connectivity index (χ4n) is 0.754. The summed E-state index contributed by atoms with van der Waals surface area (Å²) in [5.74, 6) is 0.0903. The summed E-state index contributed by atoms with van der Waals surface area (Å²) in [4.78, 5) is 12.4. The predicted octanol–water partition coefficient (Wildman–Crippen LogP) is 1.32. The zero-order valence-corrected chi connectivity index (χ0v) is 8.23. The quantitative estimate of drug-likeness (QED) is 0.720. The monoisotopic (exact) mass is 184 g/mol. The van der Waals surface area contributed by atoms with Crippen LogP contribution < -0.4 is 5.32 Å². The zero-order chi connectivity index (χ0) is 9.19. The first-order chi connectivity index (χ1) is 5.58. The number of Topliss-reactive ketones (excluding diaryl/α,β-unsaturated/α-hetero) is 1. The van der Waals surface area contributed by atoms with Gasteiger partial charge in [-0.15, -0.1) is 0 Å². The van der Waals surface area contributed by atoms with Gasteiger partial charge in [0.15, 0.2) is 5.78 Å². The van der Waals surface area contributed by atoms with E-state index >= 15 is 0 Å². The van der Waals surface area contributed by atoms with Crippen LogP contribution in [0.1, 0.15) is 23.5 Å². The Morgan fingerprint density at radius 1 is 1.67 bits per heavy atom. The van der Waals surface area contributed by atoms with E-state index in [0.717, 1.165) is 0 Å². The smallest absolute Gasteiger partial charge is 0.193 e. The van der Waals surface area contributed by atoms with E-state index in [2.05, 4.69) is 9.69 Å². The lowest BCUT2D eigenvalue weighted by atomic mass is 9.98. The molecule has 3 nitrogen and oxygen atoms in total. The lowest BCUT2D eigenvalue weighted by molar-refractivity contribution is 0.0894. The van der Waals surface area contributed by atoms with Gasteiger partial charge in [-0.05, 0) is 38.5 Å². The summed E-state index contributed by atoms with van der Waals surface area (Å²) >= 11 is 1.23. The molecule has 0 amide bonds. The molecule has 1 rings (SSSR count). The fraction of sp³-hybridized carbons (Fsp3) is 0.500. The Hall–Kier alpha value is -0.740. The van der Waals surface area contributed by atoms with E-state index in [1.165, 1.54) is 11.5 Å². The molecule has 0 radical (unpaired) electrons. The molecule has 0 bridgehead atoms. The molecule has 0 aromatic carbocycles. The highest BCUT2D eigenvalue weighted by molar-refractivity contribution is 7.08. The lowest BCUT2D eigenvalue weighted by Gasteiger charge is -2.20. The topological polar surface area (TPSA) is 42.0 Å². The summed E-state index contributed by atoms with van der Waals surface area (Å²) in [5, 5.41) is 2.96. The minimum absolute atomic E-state index is 0.0903. The molecule has 0 unspecified atom stereocenters. The Balaban J connectivity index is 2.86. The number of carbonyl (C=O) groups is 1. The van der Waals surface area contributed by atoms with Crippen molar-refractivity contribution in [3.8, 4) is 0 Å². The predicted molar refractivity (Wildman–Crippen MR) is 49.6 cm³/mol. The fourth-order valence-corrected chi connectivity index (χ4v) is 1.45. The van der Waals surface area contributed by atoms with Gasteiger partial charge in [-0.3, -0.25) is 4.79 Å². The number of nitrogens with zero attached hydrogens (tertiary/aromatic N) is 1. The number of carbonyl (C=O) groups excluding carboxylic acids is 1. The Bertz CT molecular complexity index is 267. The Labute approximate surface area is 76.0 Å². The largest absolute Gasteiger partial charge is 0.308 e. The minimum Gasteiger partial charge on any atom is -0.308 e. The van der Waals surface area contributed by atoms with Gasteiger partial charge in [0.2, 0.25) is 0 Å². The first-order valence-electron chi connectivity index (χ1n) is 3.72. The number of aromatic nitrogens is 1. The molecule has 0 fully saturated rings. The van der Waals surface area contributed by atoms with Gasteiger partial charge in [0.05, 0.1) is 10.4 Å². The first kappa shape index (κ1) is 9.35. The molecule has 1 aromatic rings. The van der Waals surface area contributed by atoms with Crippen molar-refractivity contribution in [3.63, 3.8) is 0 Å². The highest BCUT2D eigenvalue weighted by Crippen LogP contribution is 2.14. The van der Waals surface area contributed by atoms with Gasteiger partial charge in [0.25, 0.3) is 0 Å². The van der Waals surface area contributed by atoms with Crippen molar-refractivity contribution in [1.29, 1.82) is 0 Å². The van der Waals surface area contributed by atoms with Crippen molar-refractivity contribution >= 4 is 17.3 Å². The number of hydrogen-bond acceptors (Lipinski definition) is 4. The maximum absolute atomic E-state index is 11.7. The second-order valence-electron chi connectivity index (χ2n) is 3.08. The second kappa shape index (κ2) is 3.33. The van der Waals surface area contributed by atoms with Crippen molar-refractivity contribution in [2.45, 2.75) is 19.4 Å². The molecule has 66 valence electrons. The van der Waals surface area contributed by atoms with Gasteiger partial charge in [-0.25, -0.2) is 4.37 Å². The maximum atomic E-state index is 11.7. The molecule has 0 saturated heterocycles. The van der Waals surface area contributed by atoms with Crippen LogP contribution in [0.15, 0.2) is 12.3 Å². The summed E-state index contributed by atoms with van der Waals surface area (Å²) in [6.07, 6.45) is 1.64. The van der Waals surface area contributed by atoms with Crippen LogP contribution in [0.5, 0.6) is 0 Å². The van der Waals surface area contributed by atoms with E-state index in [0.29, 0.717) is 4.88 Å². The molecule has 0 saturated carbocycles. The number of rotatable bonds is 3. The zero-order valence-electron chi connectivity index (χ0n) is 7.42. The van der Waals surface area contributed by atoms with Gasteiger partial charge in [0.1, 0.15) is 0 Å². The van der Waals surface area contributed by atoms with Crippen molar-refractivity contribution in [2.75, 3.05) is 7.05 Å². The van der Waals surface area contributed by atoms with E-state index in [1.807, 2.05) is 13.8 Å². The van der Waals surface area contributed by atoms with Gasteiger partial charge in [-0.2, -0.15) is 0 Å². The van der Waals surface area contributed by atoms with Crippen molar-refractivity contribution in [1.82, 2.24) is 9.69 Å². The molecule has 0 spiro atoms. The van der Waals surface area contributed by atoms with Crippen LogP contribution in [-0.2, 0) is 0 Å². The standard InChI is InChI=1S/C8H12N2OS/c1-8(2,9-3)7(11)6-4-5-10-12-6/h4-5,9H,1-3H3. The van der Waals surface area contributed by atoms with Crippen molar-refractivity contribution in [2.24, 2.45) is 0 Å². The normalized spacial score (nSPS) is 11.6. The van der Waals surface area contributed by atoms with E-state index in [-0.39, 0.29) is 5.78 Å². The van der Waals surface area contributed by atoms with Gasteiger partial charge < -0.3 is 5.32 Å². The Morgan fingerprint density at radius 3 is 2.75 bits per heavy atom. The highest BCUT2D eigenvalue weighted by Gasteiger charge is 2.27. The van der Waals surface area contributed by atoms with Crippen LogP contribution in [0, 0.1) is 0 Å². The second-order valence-corrected chi connectivity index (χ2v) is 3.91. The summed E-state index contributed by atoms with van der Waals surface area (Å²) in [5.41, 5.74) is -0.494. The summed E-state index contributed by atoms with van der Waals surface area (Å²) in [6, 6.07) is 1.74. The van der Waals surface area contributed by atoms with Crippen LogP contribution in [0.3, 0.4) is 0 Å². The average Bonchev–Trinajstić information content (AvgIpc) is 2.55. The molecular weight excluding hydrogens is 172 g/mol.